The monoisotopic (exact) mass is 572 g/mol. The molecule has 0 radical (unpaired) electrons. The number of ether oxygens (including phenoxy) is 2. The summed E-state index contributed by atoms with van der Waals surface area (Å²) in [6, 6.07) is 11.8. The molecule has 3 aromatic rings. The summed E-state index contributed by atoms with van der Waals surface area (Å²) in [4.78, 5) is 25.2. The highest BCUT2D eigenvalue weighted by Crippen LogP contribution is 2.32. The average Bonchev–Trinajstić information content (AvgIpc) is 3.13. The maximum absolute atomic E-state index is 14.6. The Labute approximate surface area is 188 Å². The Hall–Kier alpha value is -2.27. The lowest BCUT2D eigenvalue weighted by atomic mass is 10.0. The van der Waals surface area contributed by atoms with Gasteiger partial charge in [0.25, 0.3) is 0 Å². The summed E-state index contributed by atoms with van der Waals surface area (Å²) in [6.45, 7) is 0. The van der Waals surface area contributed by atoms with Gasteiger partial charge >= 0.3 is 11.9 Å². The highest BCUT2D eigenvalue weighted by Gasteiger charge is 2.31. The zero-order valence-corrected chi connectivity index (χ0v) is 19.2. The van der Waals surface area contributed by atoms with Crippen LogP contribution in [0, 0.1) is 9.39 Å². The molecular formula is C20H15BrFIN2O4. The molecule has 0 N–H and O–H groups in total. The quantitative estimate of drug-likeness (QED) is 0.251. The topological polar surface area (TPSA) is 70.4 Å². The van der Waals surface area contributed by atoms with Crippen LogP contribution in [0.5, 0.6) is 0 Å². The van der Waals surface area contributed by atoms with E-state index in [4.69, 9.17) is 9.47 Å². The number of hydrogen-bond acceptors (Lipinski definition) is 5. The molecule has 6 nitrogen and oxygen atoms in total. The maximum atomic E-state index is 14.6. The van der Waals surface area contributed by atoms with Crippen molar-refractivity contribution >= 4 is 50.5 Å². The Bertz CT molecular complexity index is 1060. The molecule has 1 aromatic heterocycles. The first-order valence-corrected chi connectivity index (χ1v) is 10.5. The van der Waals surface area contributed by atoms with E-state index in [1.54, 1.807) is 30.3 Å². The highest BCUT2D eigenvalue weighted by atomic mass is 127. The molecule has 0 saturated heterocycles. The highest BCUT2D eigenvalue weighted by molar-refractivity contribution is 14.1. The molecule has 0 amide bonds. The van der Waals surface area contributed by atoms with Crippen molar-refractivity contribution in [2.24, 2.45) is 0 Å². The summed E-state index contributed by atoms with van der Waals surface area (Å²) in [5.41, 5.74) is 1.31. The molecule has 2 aromatic carbocycles. The number of nitrogens with zero attached hydrogens (tertiary/aromatic N) is 2. The van der Waals surface area contributed by atoms with Gasteiger partial charge < -0.3 is 9.47 Å². The van der Waals surface area contributed by atoms with Gasteiger partial charge in [0.15, 0.2) is 5.69 Å². The molecule has 150 valence electrons. The minimum absolute atomic E-state index is 0.0926. The van der Waals surface area contributed by atoms with Gasteiger partial charge in [0.2, 0.25) is 0 Å². The van der Waals surface area contributed by atoms with Gasteiger partial charge in [-0.05, 0) is 46.9 Å². The zero-order chi connectivity index (χ0) is 21.1. The van der Waals surface area contributed by atoms with E-state index in [2.05, 4.69) is 21.0 Å². The Morgan fingerprint density at radius 1 is 1.14 bits per heavy atom. The molecule has 0 aliphatic heterocycles. The molecule has 29 heavy (non-hydrogen) atoms. The van der Waals surface area contributed by atoms with Crippen LogP contribution in [0.1, 0.15) is 26.4 Å². The maximum Gasteiger partial charge on any atom is 0.357 e. The fraction of sp³-hybridized carbons (Fsp3) is 0.150. The number of para-hydroxylation sites is 1. The average molecular weight is 573 g/mol. The lowest BCUT2D eigenvalue weighted by Crippen LogP contribution is -2.15. The number of hydrogen-bond donors (Lipinski definition) is 0. The summed E-state index contributed by atoms with van der Waals surface area (Å²) >= 11 is 5.28. The molecule has 1 heterocycles. The second-order valence-electron chi connectivity index (χ2n) is 5.85. The Morgan fingerprint density at radius 3 is 2.34 bits per heavy atom. The molecule has 3 rings (SSSR count). The molecule has 0 bridgehead atoms. The van der Waals surface area contributed by atoms with Crippen LogP contribution in [0.4, 0.5) is 4.39 Å². The first-order valence-electron chi connectivity index (χ1n) is 8.32. The molecule has 0 atom stereocenters. The van der Waals surface area contributed by atoms with Crippen LogP contribution in [0.25, 0.3) is 16.9 Å². The van der Waals surface area contributed by atoms with E-state index in [9.17, 15) is 14.0 Å². The van der Waals surface area contributed by atoms with Crippen LogP contribution < -0.4 is 0 Å². The molecule has 0 unspecified atom stereocenters. The van der Waals surface area contributed by atoms with Gasteiger partial charge in [-0.3, -0.25) is 0 Å². The standard InChI is InChI=1S/C20H15BrFIN2O4/c1-28-19(26)16-17(11-8-14(22)13(10-21)15(23)9-11)24-25(18(16)20(27)29-2)12-6-4-3-5-7-12/h3-9H,10H2,1-2H3. The number of aromatic nitrogens is 2. The predicted molar refractivity (Wildman–Crippen MR) is 117 cm³/mol. The van der Waals surface area contributed by atoms with Crippen molar-refractivity contribution in [3.05, 3.63) is 68.7 Å². The second kappa shape index (κ2) is 9.04. The molecule has 9 heteroatoms. The van der Waals surface area contributed by atoms with Crippen LogP contribution in [0.15, 0.2) is 42.5 Å². The van der Waals surface area contributed by atoms with Gasteiger partial charge in [0, 0.05) is 20.0 Å². The van der Waals surface area contributed by atoms with Gasteiger partial charge in [-0.25, -0.2) is 18.7 Å². The number of benzene rings is 2. The van der Waals surface area contributed by atoms with Crippen LogP contribution >= 0.6 is 38.5 Å². The SMILES string of the molecule is COC(=O)c1c(-c2cc(F)c(CBr)c(I)c2)nn(-c2ccccc2)c1C(=O)OC. The van der Waals surface area contributed by atoms with Crippen LogP contribution in [-0.2, 0) is 14.8 Å². The van der Waals surface area contributed by atoms with E-state index in [-0.39, 0.29) is 17.0 Å². The van der Waals surface area contributed by atoms with Crippen molar-refractivity contribution in [3.63, 3.8) is 0 Å². The van der Waals surface area contributed by atoms with Gasteiger partial charge in [0.05, 0.1) is 19.9 Å². The number of alkyl halides is 1. The largest absolute Gasteiger partial charge is 0.465 e. The van der Waals surface area contributed by atoms with E-state index < -0.39 is 17.8 Å². The second-order valence-corrected chi connectivity index (χ2v) is 7.58. The van der Waals surface area contributed by atoms with E-state index in [1.807, 2.05) is 28.7 Å². The molecule has 0 spiro atoms. The van der Waals surface area contributed by atoms with Crippen LogP contribution in [0.2, 0.25) is 0 Å². The Kier molecular flexibility index (Phi) is 6.68. The third-order valence-electron chi connectivity index (χ3n) is 4.20. The minimum atomic E-state index is -0.775. The van der Waals surface area contributed by atoms with Gasteiger partial charge in [0.1, 0.15) is 17.1 Å². The number of methoxy groups -OCH3 is 2. The molecule has 0 saturated carbocycles. The third kappa shape index (κ3) is 4.06. The fourth-order valence-corrected chi connectivity index (χ4v) is 4.70. The molecule has 0 aliphatic rings. The van der Waals surface area contributed by atoms with Crippen molar-refractivity contribution in [3.8, 4) is 16.9 Å². The number of carbonyl (C=O) groups is 2. The summed E-state index contributed by atoms with van der Waals surface area (Å²) in [6.07, 6.45) is 0. The minimum Gasteiger partial charge on any atom is -0.465 e. The van der Waals surface area contributed by atoms with Gasteiger partial charge in [-0.1, -0.05) is 34.1 Å². The van der Waals surface area contributed by atoms with E-state index in [1.165, 1.54) is 25.0 Å². The number of carbonyl (C=O) groups excluding carboxylic acids is 2. The number of rotatable bonds is 5. The Morgan fingerprint density at radius 2 is 1.79 bits per heavy atom. The molecule has 0 aliphatic carbocycles. The van der Waals surface area contributed by atoms with Crippen molar-refractivity contribution in [2.45, 2.75) is 5.33 Å². The number of esters is 2. The van der Waals surface area contributed by atoms with Crippen molar-refractivity contribution in [1.82, 2.24) is 9.78 Å². The van der Waals surface area contributed by atoms with Crippen LogP contribution in [-0.4, -0.2) is 35.9 Å². The van der Waals surface area contributed by atoms with Crippen LogP contribution in [0.3, 0.4) is 0 Å². The Balaban J connectivity index is 2.37. The smallest absolute Gasteiger partial charge is 0.357 e. The van der Waals surface area contributed by atoms with Crippen molar-refractivity contribution in [1.29, 1.82) is 0 Å². The lowest BCUT2D eigenvalue weighted by molar-refractivity contribution is 0.0549. The summed E-state index contributed by atoms with van der Waals surface area (Å²) in [7, 11) is 2.41. The summed E-state index contributed by atoms with van der Waals surface area (Å²) < 4.78 is 26.3. The zero-order valence-electron chi connectivity index (χ0n) is 15.4. The fourth-order valence-electron chi connectivity index (χ4n) is 2.82. The van der Waals surface area contributed by atoms with Gasteiger partial charge in [-0.2, -0.15) is 5.10 Å². The molecular weight excluding hydrogens is 558 g/mol. The number of halogens is 3. The molecule has 0 fully saturated rings. The van der Waals surface area contributed by atoms with E-state index in [0.717, 1.165) is 0 Å². The predicted octanol–water partition coefficient (Wildman–Crippen LogP) is 4.75. The first-order chi connectivity index (χ1) is 13.9. The summed E-state index contributed by atoms with van der Waals surface area (Å²) in [5.74, 6) is -1.99. The van der Waals surface area contributed by atoms with Crippen molar-refractivity contribution < 1.29 is 23.5 Å². The van der Waals surface area contributed by atoms with E-state index in [0.29, 0.717) is 25.7 Å². The third-order valence-corrected chi connectivity index (χ3v) is 5.73. The normalized spacial score (nSPS) is 10.7. The van der Waals surface area contributed by atoms with E-state index >= 15 is 0 Å². The summed E-state index contributed by atoms with van der Waals surface area (Å²) in [5, 5.41) is 4.80. The lowest BCUT2D eigenvalue weighted by Gasteiger charge is -2.07. The van der Waals surface area contributed by atoms with Gasteiger partial charge in [-0.15, -0.1) is 0 Å². The first kappa shape index (κ1) is 21.4. The van der Waals surface area contributed by atoms with Crippen molar-refractivity contribution in [2.75, 3.05) is 14.2 Å².